The van der Waals surface area contributed by atoms with Gasteiger partial charge in [0.1, 0.15) is 19.0 Å². The van der Waals surface area contributed by atoms with Crippen LogP contribution >= 0.6 is 0 Å². The summed E-state index contributed by atoms with van der Waals surface area (Å²) in [4.78, 5) is 28.0. The van der Waals surface area contributed by atoms with Crippen LogP contribution < -0.4 is 25.3 Å². The molecule has 0 amide bonds. The number of aromatic nitrogens is 3. The summed E-state index contributed by atoms with van der Waals surface area (Å²) in [6, 6.07) is 11.5. The third kappa shape index (κ3) is 4.50. The number of nitrogens with one attached hydrogen (secondary N) is 1. The number of hydrogen-bond acceptors (Lipinski definition) is 10. The molecule has 11 nitrogen and oxygen atoms in total. The van der Waals surface area contributed by atoms with Crippen LogP contribution in [0.25, 0.3) is 0 Å². The van der Waals surface area contributed by atoms with Crippen molar-refractivity contribution in [2.75, 3.05) is 38.0 Å². The first-order chi connectivity index (χ1) is 15.0. The van der Waals surface area contributed by atoms with E-state index in [9.17, 15) is 9.59 Å². The van der Waals surface area contributed by atoms with Gasteiger partial charge in [-0.2, -0.15) is 9.67 Å². The lowest BCUT2D eigenvalue weighted by Crippen LogP contribution is -2.16. The lowest BCUT2D eigenvalue weighted by molar-refractivity contribution is -0.142. The molecule has 0 saturated heterocycles. The minimum atomic E-state index is -0.506. The van der Waals surface area contributed by atoms with Gasteiger partial charge < -0.3 is 30.0 Å². The highest BCUT2D eigenvalue weighted by Crippen LogP contribution is 2.33. The van der Waals surface area contributed by atoms with Crippen LogP contribution in [0.15, 0.2) is 42.5 Å². The van der Waals surface area contributed by atoms with Crippen molar-refractivity contribution in [3.8, 4) is 17.2 Å². The summed E-state index contributed by atoms with van der Waals surface area (Å²) in [6.45, 7) is 0.745. The Morgan fingerprint density at radius 1 is 1.13 bits per heavy atom. The topological polar surface area (TPSA) is 140 Å². The molecule has 0 saturated carbocycles. The van der Waals surface area contributed by atoms with Gasteiger partial charge in [-0.25, -0.2) is 4.79 Å². The number of ether oxygens (including phenoxy) is 4. The zero-order chi connectivity index (χ0) is 21.8. The summed E-state index contributed by atoms with van der Waals surface area (Å²) >= 11 is 0. The van der Waals surface area contributed by atoms with E-state index < -0.39 is 11.9 Å². The van der Waals surface area contributed by atoms with Crippen molar-refractivity contribution >= 4 is 29.5 Å². The van der Waals surface area contributed by atoms with Gasteiger partial charge in [0.05, 0.1) is 7.11 Å². The lowest BCUT2D eigenvalue weighted by Gasteiger charge is -2.18. The molecule has 0 atom stereocenters. The predicted octanol–water partition coefficient (Wildman–Crippen LogP) is 1.62. The molecule has 160 valence electrons. The molecule has 0 aliphatic carbocycles. The van der Waals surface area contributed by atoms with E-state index in [1.807, 2.05) is 0 Å². The van der Waals surface area contributed by atoms with E-state index >= 15 is 0 Å². The van der Waals surface area contributed by atoms with E-state index in [0.29, 0.717) is 41.7 Å². The second-order valence-corrected chi connectivity index (χ2v) is 6.38. The van der Waals surface area contributed by atoms with Crippen molar-refractivity contribution in [1.29, 1.82) is 0 Å². The Kier molecular flexibility index (Phi) is 5.56. The number of nitrogens with two attached hydrogens (primary N) is 1. The van der Waals surface area contributed by atoms with E-state index in [0.717, 1.165) is 4.68 Å². The first kappa shape index (κ1) is 20.0. The Labute approximate surface area is 176 Å². The summed E-state index contributed by atoms with van der Waals surface area (Å²) in [5.74, 6) is 0.776. The zero-order valence-electron chi connectivity index (χ0n) is 16.5. The monoisotopic (exact) mass is 425 g/mol. The number of carbonyl (C=O) groups excluding carboxylic acids is 2. The molecular formula is C20H19N5O6. The molecule has 3 N–H and O–H groups in total. The number of fused-ring (bicyclic) bond motifs is 1. The first-order valence-electron chi connectivity index (χ1n) is 9.27. The second kappa shape index (κ2) is 8.61. The Balaban J connectivity index is 1.45. The predicted molar refractivity (Wildman–Crippen MR) is 109 cm³/mol. The third-order valence-corrected chi connectivity index (χ3v) is 4.31. The molecule has 1 aliphatic heterocycles. The largest absolute Gasteiger partial charge is 0.486 e. The van der Waals surface area contributed by atoms with Crippen molar-refractivity contribution < 1.29 is 28.5 Å². The Bertz CT molecular complexity index is 1110. The summed E-state index contributed by atoms with van der Waals surface area (Å²) in [6.07, 6.45) is 0. The van der Waals surface area contributed by atoms with E-state index in [2.05, 4.69) is 20.1 Å². The van der Waals surface area contributed by atoms with Gasteiger partial charge in [0.2, 0.25) is 11.9 Å². The minimum Gasteiger partial charge on any atom is -0.486 e. The average Bonchev–Trinajstić information content (AvgIpc) is 3.17. The fourth-order valence-corrected chi connectivity index (χ4v) is 2.79. The fourth-order valence-electron chi connectivity index (χ4n) is 2.79. The number of hydrogen-bond donors (Lipinski definition) is 2. The summed E-state index contributed by atoms with van der Waals surface area (Å²) < 4.78 is 21.8. The van der Waals surface area contributed by atoms with E-state index in [4.69, 9.17) is 19.9 Å². The molecular weight excluding hydrogens is 406 g/mol. The fraction of sp³-hybridized carbons (Fsp3) is 0.200. The number of nitrogens with zero attached hydrogens (tertiary/aromatic N) is 3. The molecule has 0 fully saturated rings. The highest BCUT2D eigenvalue weighted by Gasteiger charge is 2.17. The number of esters is 1. The number of benzene rings is 2. The molecule has 11 heteroatoms. The van der Waals surface area contributed by atoms with Gasteiger partial charge in [-0.1, -0.05) is 0 Å². The summed E-state index contributed by atoms with van der Waals surface area (Å²) in [5, 5.41) is 7.13. The molecule has 2 aromatic carbocycles. The van der Waals surface area contributed by atoms with Crippen molar-refractivity contribution in [1.82, 2.24) is 14.8 Å². The molecule has 0 bridgehead atoms. The Hall–Kier alpha value is -4.28. The highest BCUT2D eigenvalue weighted by atomic mass is 16.6. The van der Waals surface area contributed by atoms with Crippen molar-refractivity contribution in [3.05, 3.63) is 48.0 Å². The van der Waals surface area contributed by atoms with Crippen molar-refractivity contribution in [2.24, 2.45) is 0 Å². The smallest absolute Gasteiger partial charge is 0.343 e. The highest BCUT2D eigenvalue weighted by molar-refractivity contribution is 5.97. The van der Waals surface area contributed by atoms with Gasteiger partial charge >= 0.3 is 5.97 Å². The summed E-state index contributed by atoms with van der Waals surface area (Å²) in [7, 11) is 1.27. The molecule has 2 heterocycles. The standard InChI is InChI=1S/C20H19N5O6/c1-28-17(26)11-31-14-5-2-12(3-6-14)18(27)25-19(21)23-20(24-25)22-13-4-7-15-16(10-13)30-9-8-29-15/h2-7,10H,8-9,11H2,1H3,(H3,21,22,23,24). The maximum atomic E-state index is 12.7. The minimum absolute atomic E-state index is 0.0731. The lowest BCUT2D eigenvalue weighted by atomic mass is 10.2. The zero-order valence-corrected chi connectivity index (χ0v) is 16.5. The molecule has 0 radical (unpaired) electrons. The third-order valence-electron chi connectivity index (χ3n) is 4.31. The molecule has 0 spiro atoms. The van der Waals surface area contributed by atoms with Crippen LogP contribution in [0.3, 0.4) is 0 Å². The van der Waals surface area contributed by atoms with Crippen LogP contribution in [-0.2, 0) is 9.53 Å². The molecule has 0 unspecified atom stereocenters. The van der Waals surface area contributed by atoms with Crippen LogP contribution in [0.1, 0.15) is 10.4 Å². The number of carbonyl (C=O) groups is 2. The molecule has 3 aromatic rings. The van der Waals surface area contributed by atoms with E-state index in [1.165, 1.54) is 19.2 Å². The second-order valence-electron chi connectivity index (χ2n) is 6.38. The van der Waals surface area contributed by atoms with E-state index in [1.54, 1.807) is 30.3 Å². The van der Waals surface area contributed by atoms with Crippen molar-refractivity contribution in [2.45, 2.75) is 0 Å². The van der Waals surface area contributed by atoms with Gasteiger partial charge in [0, 0.05) is 17.3 Å². The first-order valence-corrected chi connectivity index (χ1v) is 9.27. The molecule has 1 aromatic heterocycles. The van der Waals surface area contributed by atoms with E-state index in [-0.39, 0.29) is 18.5 Å². The van der Waals surface area contributed by atoms with Gasteiger partial charge in [-0.05, 0) is 36.4 Å². The number of methoxy groups -OCH3 is 1. The SMILES string of the molecule is COC(=O)COc1ccc(C(=O)n2nc(Nc3ccc4c(c3)OCCO4)nc2N)cc1. The van der Waals surface area contributed by atoms with Gasteiger partial charge in [-0.3, -0.25) is 4.79 Å². The van der Waals surface area contributed by atoms with Gasteiger partial charge in [0.15, 0.2) is 18.1 Å². The quantitative estimate of drug-likeness (QED) is 0.560. The molecule has 4 rings (SSSR count). The van der Waals surface area contributed by atoms with Gasteiger partial charge in [0.25, 0.3) is 5.91 Å². The normalized spacial score (nSPS) is 12.2. The van der Waals surface area contributed by atoms with Crippen LogP contribution in [0.5, 0.6) is 17.2 Å². The van der Waals surface area contributed by atoms with Crippen LogP contribution in [0.4, 0.5) is 17.6 Å². The Morgan fingerprint density at radius 2 is 1.87 bits per heavy atom. The Morgan fingerprint density at radius 3 is 2.61 bits per heavy atom. The maximum absolute atomic E-state index is 12.7. The van der Waals surface area contributed by atoms with Crippen LogP contribution in [-0.4, -0.2) is 53.6 Å². The van der Waals surface area contributed by atoms with Crippen LogP contribution in [0.2, 0.25) is 0 Å². The van der Waals surface area contributed by atoms with Crippen molar-refractivity contribution in [3.63, 3.8) is 0 Å². The van der Waals surface area contributed by atoms with Gasteiger partial charge in [-0.15, -0.1) is 5.10 Å². The summed E-state index contributed by atoms with van der Waals surface area (Å²) in [5.41, 5.74) is 6.84. The maximum Gasteiger partial charge on any atom is 0.343 e. The molecule has 1 aliphatic rings. The number of rotatable bonds is 6. The number of anilines is 3. The van der Waals surface area contributed by atoms with Crippen LogP contribution in [0, 0.1) is 0 Å². The molecule has 31 heavy (non-hydrogen) atoms. The average molecular weight is 425 g/mol. The number of nitrogen functional groups attached to an aromatic ring is 1.